The molecule has 1 aromatic rings. The highest BCUT2D eigenvalue weighted by Gasteiger charge is 2.40. The van der Waals surface area contributed by atoms with E-state index in [1.165, 1.54) is 0 Å². The van der Waals surface area contributed by atoms with Gasteiger partial charge in [-0.25, -0.2) is 4.79 Å². The van der Waals surface area contributed by atoms with Crippen LogP contribution >= 0.6 is 11.8 Å². The lowest BCUT2D eigenvalue weighted by molar-refractivity contribution is -0.144. The molecule has 0 aliphatic heterocycles. The molecule has 0 radical (unpaired) electrons. The molecule has 2 unspecified atom stereocenters. The average Bonchev–Trinajstić information content (AvgIpc) is 2.46. The summed E-state index contributed by atoms with van der Waals surface area (Å²) < 4.78 is 0. The zero-order chi connectivity index (χ0) is 15.9. The van der Waals surface area contributed by atoms with Crippen molar-refractivity contribution in [1.82, 2.24) is 5.32 Å². The molecular formula is C17H27NO2S. The van der Waals surface area contributed by atoms with E-state index in [4.69, 9.17) is 0 Å². The molecule has 0 aliphatic carbocycles. The first-order valence-electron chi connectivity index (χ1n) is 7.56. The van der Waals surface area contributed by atoms with Crippen LogP contribution in [0.15, 0.2) is 30.3 Å². The lowest BCUT2D eigenvalue weighted by Crippen LogP contribution is -2.54. The molecular weight excluding hydrogens is 282 g/mol. The van der Waals surface area contributed by atoms with Crippen molar-refractivity contribution < 1.29 is 9.90 Å². The van der Waals surface area contributed by atoms with E-state index in [0.29, 0.717) is 11.7 Å². The van der Waals surface area contributed by atoms with Crippen LogP contribution in [0.2, 0.25) is 0 Å². The molecule has 0 bridgehead atoms. The van der Waals surface area contributed by atoms with Crippen LogP contribution in [-0.4, -0.2) is 28.6 Å². The summed E-state index contributed by atoms with van der Waals surface area (Å²) in [4.78, 5) is 12.0. The maximum Gasteiger partial charge on any atom is 0.329 e. The Morgan fingerprint density at radius 1 is 1.29 bits per heavy atom. The molecule has 2 N–H and O–H groups in total. The van der Waals surface area contributed by atoms with Crippen molar-refractivity contribution in [2.24, 2.45) is 5.92 Å². The van der Waals surface area contributed by atoms with Crippen molar-refractivity contribution in [3.63, 3.8) is 0 Å². The number of thioether (sulfide) groups is 1. The van der Waals surface area contributed by atoms with Crippen LogP contribution < -0.4 is 5.32 Å². The Morgan fingerprint density at radius 2 is 1.90 bits per heavy atom. The van der Waals surface area contributed by atoms with Crippen LogP contribution in [0.1, 0.15) is 39.7 Å². The van der Waals surface area contributed by atoms with E-state index in [-0.39, 0.29) is 6.04 Å². The normalized spacial score (nSPS) is 15.7. The number of benzene rings is 1. The first kappa shape index (κ1) is 18.1. The van der Waals surface area contributed by atoms with E-state index in [0.717, 1.165) is 17.7 Å². The molecule has 0 heterocycles. The zero-order valence-corrected chi connectivity index (χ0v) is 14.2. The van der Waals surface area contributed by atoms with Gasteiger partial charge < -0.3 is 5.11 Å². The maximum absolute atomic E-state index is 12.0. The van der Waals surface area contributed by atoms with Crippen molar-refractivity contribution in [2.45, 2.75) is 45.7 Å². The van der Waals surface area contributed by atoms with Gasteiger partial charge in [0.1, 0.15) is 0 Å². The molecule has 0 aromatic heterocycles. The second-order valence-corrected chi connectivity index (χ2v) is 6.93. The quantitative estimate of drug-likeness (QED) is 0.729. The van der Waals surface area contributed by atoms with Gasteiger partial charge >= 0.3 is 5.97 Å². The van der Waals surface area contributed by atoms with Gasteiger partial charge in [-0.05, 0) is 31.1 Å². The second kappa shape index (κ2) is 8.44. The minimum atomic E-state index is -1.02. The predicted octanol–water partition coefficient (Wildman–Crippen LogP) is 3.74. The predicted molar refractivity (Wildman–Crippen MR) is 90.8 cm³/mol. The highest BCUT2D eigenvalue weighted by atomic mass is 32.2. The van der Waals surface area contributed by atoms with Gasteiger partial charge in [-0.15, -0.1) is 0 Å². The van der Waals surface area contributed by atoms with Gasteiger partial charge in [0.25, 0.3) is 0 Å². The fourth-order valence-corrected chi connectivity index (χ4v) is 3.64. The van der Waals surface area contributed by atoms with Gasteiger partial charge in [-0.1, -0.05) is 50.6 Å². The van der Waals surface area contributed by atoms with Gasteiger partial charge in [0.15, 0.2) is 5.54 Å². The summed E-state index contributed by atoms with van der Waals surface area (Å²) >= 11 is 1.71. The number of aliphatic carboxylic acids is 1. The van der Waals surface area contributed by atoms with Gasteiger partial charge in [0, 0.05) is 11.8 Å². The Labute approximate surface area is 132 Å². The van der Waals surface area contributed by atoms with Crippen molar-refractivity contribution >= 4 is 17.7 Å². The third-order valence-electron chi connectivity index (χ3n) is 3.58. The molecule has 0 saturated carbocycles. The van der Waals surface area contributed by atoms with E-state index in [1.807, 2.05) is 44.2 Å². The van der Waals surface area contributed by atoms with E-state index >= 15 is 0 Å². The monoisotopic (exact) mass is 309 g/mol. The first-order valence-corrected chi connectivity index (χ1v) is 8.72. The van der Waals surface area contributed by atoms with Crippen LogP contribution in [0, 0.1) is 5.92 Å². The molecule has 21 heavy (non-hydrogen) atoms. The number of hydrogen-bond acceptors (Lipinski definition) is 3. The molecule has 3 nitrogen and oxygen atoms in total. The first-order chi connectivity index (χ1) is 9.92. The Morgan fingerprint density at radius 3 is 2.38 bits per heavy atom. The standard InChI is InChI=1S/C17H27NO2S/c1-5-14(4)11-21-12-17(16(19)20,18-13(2)3)15-9-7-6-8-10-15/h6-10,13-14,18H,5,11-12H2,1-4H3,(H,19,20). The number of carboxylic acids is 1. The van der Waals surface area contributed by atoms with E-state index in [1.54, 1.807) is 11.8 Å². The summed E-state index contributed by atoms with van der Waals surface area (Å²) in [6, 6.07) is 9.60. The van der Waals surface area contributed by atoms with Gasteiger partial charge in [0.2, 0.25) is 0 Å². The largest absolute Gasteiger partial charge is 0.480 e. The highest BCUT2D eigenvalue weighted by Crippen LogP contribution is 2.28. The van der Waals surface area contributed by atoms with Gasteiger partial charge in [0.05, 0.1) is 0 Å². The molecule has 0 fully saturated rings. The molecule has 4 heteroatoms. The summed E-state index contributed by atoms with van der Waals surface area (Å²) in [5, 5.41) is 13.2. The average molecular weight is 309 g/mol. The highest BCUT2D eigenvalue weighted by molar-refractivity contribution is 7.99. The number of hydrogen-bond donors (Lipinski definition) is 2. The second-order valence-electron chi connectivity index (χ2n) is 5.90. The lowest BCUT2D eigenvalue weighted by atomic mass is 9.91. The van der Waals surface area contributed by atoms with Crippen LogP contribution in [0.4, 0.5) is 0 Å². The van der Waals surface area contributed by atoms with Gasteiger partial charge in [-0.2, -0.15) is 11.8 Å². The molecule has 0 amide bonds. The van der Waals surface area contributed by atoms with Crippen LogP contribution in [0.25, 0.3) is 0 Å². The molecule has 2 atom stereocenters. The molecule has 0 saturated heterocycles. The minimum Gasteiger partial charge on any atom is -0.480 e. The molecule has 1 rings (SSSR count). The number of carbonyl (C=O) groups is 1. The van der Waals surface area contributed by atoms with Crippen molar-refractivity contribution in [3.8, 4) is 0 Å². The fraction of sp³-hybridized carbons (Fsp3) is 0.588. The van der Waals surface area contributed by atoms with E-state index < -0.39 is 11.5 Å². The molecule has 118 valence electrons. The molecule has 0 spiro atoms. The fourth-order valence-electron chi connectivity index (χ4n) is 2.20. The number of rotatable bonds is 9. The summed E-state index contributed by atoms with van der Waals surface area (Å²) in [5.41, 5.74) is -0.198. The third kappa shape index (κ3) is 5.04. The zero-order valence-electron chi connectivity index (χ0n) is 13.4. The molecule has 0 aliphatic rings. The Balaban J connectivity index is 2.99. The van der Waals surface area contributed by atoms with E-state index in [2.05, 4.69) is 19.2 Å². The number of nitrogens with one attached hydrogen (secondary N) is 1. The Bertz CT molecular complexity index is 436. The van der Waals surface area contributed by atoms with Crippen LogP contribution in [0.5, 0.6) is 0 Å². The lowest BCUT2D eigenvalue weighted by Gasteiger charge is -2.33. The van der Waals surface area contributed by atoms with Gasteiger partial charge in [-0.3, -0.25) is 5.32 Å². The summed E-state index contributed by atoms with van der Waals surface area (Å²) in [7, 11) is 0. The summed E-state index contributed by atoms with van der Waals surface area (Å²) in [5.74, 6) is 1.32. The summed E-state index contributed by atoms with van der Waals surface area (Å²) in [6.45, 7) is 8.34. The Kier molecular flexibility index (Phi) is 7.26. The SMILES string of the molecule is CCC(C)CSCC(NC(C)C)(C(=O)O)c1ccccc1. The van der Waals surface area contributed by atoms with Crippen molar-refractivity contribution in [3.05, 3.63) is 35.9 Å². The number of carboxylic acid groups (broad SMARTS) is 1. The smallest absolute Gasteiger partial charge is 0.329 e. The van der Waals surface area contributed by atoms with Crippen LogP contribution in [0.3, 0.4) is 0 Å². The molecule has 1 aromatic carbocycles. The maximum atomic E-state index is 12.0. The summed E-state index contributed by atoms with van der Waals surface area (Å²) in [6.07, 6.45) is 1.12. The van der Waals surface area contributed by atoms with E-state index in [9.17, 15) is 9.90 Å². The third-order valence-corrected chi connectivity index (χ3v) is 5.03. The van der Waals surface area contributed by atoms with Crippen molar-refractivity contribution in [1.29, 1.82) is 0 Å². The minimum absolute atomic E-state index is 0.102. The Hall–Kier alpha value is -1.00. The van der Waals surface area contributed by atoms with Crippen molar-refractivity contribution in [2.75, 3.05) is 11.5 Å². The van der Waals surface area contributed by atoms with Crippen LogP contribution in [-0.2, 0) is 10.3 Å². The topological polar surface area (TPSA) is 49.3 Å².